The first-order chi connectivity index (χ1) is 11.7. The molecule has 0 bridgehead atoms. The molecule has 128 valence electrons. The first-order valence-corrected chi connectivity index (χ1v) is 8.96. The van der Waals surface area contributed by atoms with Crippen molar-refractivity contribution in [2.45, 2.75) is 51.5 Å². The number of piperidine rings is 1. The van der Waals surface area contributed by atoms with Crippen molar-refractivity contribution in [3.63, 3.8) is 0 Å². The van der Waals surface area contributed by atoms with Gasteiger partial charge in [0.25, 0.3) is 0 Å². The Hall–Kier alpha value is -1.88. The van der Waals surface area contributed by atoms with Gasteiger partial charge in [0.05, 0.1) is 0 Å². The van der Waals surface area contributed by atoms with Gasteiger partial charge in [-0.3, -0.25) is 4.79 Å². The molecule has 0 spiro atoms. The van der Waals surface area contributed by atoms with Crippen LogP contribution >= 0.6 is 11.6 Å². The highest BCUT2D eigenvalue weighted by molar-refractivity contribution is 6.30. The topological polar surface area (TPSA) is 59.2 Å². The lowest BCUT2D eigenvalue weighted by molar-refractivity contribution is -0.135. The van der Waals surface area contributed by atoms with E-state index in [-0.39, 0.29) is 11.9 Å². The van der Waals surface area contributed by atoms with Gasteiger partial charge in [0, 0.05) is 23.6 Å². The second-order valence-corrected chi connectivity index (χ2v) is 6.61. The zero-order chi connectivity index (χ0) is 16.9. The molecule has 0 unspecified atom stereocenters. The molecule has 6 heteroatoms. The number of carbonyl (C=O) groups is 1. The zero-order valence-corrected chi connectivity index (χ0v) is 14.6. The van der Waals surface area contributed by atoms with Gasteiger partial charge in [-0.05, 0) is 37.8 Å². The molecule has 2 heterocycles. The number of hydrogen-bond donors (Lipinski definition) is 0. The van der Waals surface area contributed by atoms with Crippen LogP contribution in [0.15, 0.2) is 28.8 Å². The average molecular weight is 348 g/mol. The Morgan fingerprint density at radius 2 is 2.29 bits per heavy atom. The number of aromatic nitrogens is 2. The molecular formula is C18H22ClN3O2. The van der Waals surface area contributed by atoms with Crippen molar-refractivity contribution in [3.05, 3.63) is 35.2 Å². The average Bonchev–Trinajstić information content (AvgIpc) is 3.09. The van der Waals surface area contributed by atoms with Crippen LogP contribution in [0.3, 0.4) is 0 Å². The van der Waals surface area contributed by atoms with Gasteiger partial charge in [0.2, 0.25) is 17.6 Å². The number of benzene rings is 1. The minimum atomic E-state index is -0.108. The maximum absolute atomic E-state index is 12.5. The maximum Gasteiger partial charge on any atom is 0.249 e. The monoisotopic (exact) mass is 347 g/mol. The van der Waals surface area contributed by atoms with E-state index >= 15 is 0 Å². The van der Waals surface area contributed by atoms with Crippen molar-refractivity contribution in [2.75, 3.05) is 6.54 Å². The van der Waals surface area contributed by atoms with Gasteiger partial charge in [0.15, 0.2) is 0 Å². The molecule has 2 aromatic rings. The van der Waals surface area contributed by atoms with Crippen LogP contribution < -0.4 is 0 Å². The van der Waals surface area contributed by atoms with Crippen LogP contribution in [-0.4, -0.2) is 27.5 Å². The van der Waals surface area contributed by atoms with Crippen molar-refractivity contribution in [1.29, 1.82) is 0 Å². The summed E-state index contributed by atoms with van der Waals surface area (Å²) < 4.78 is 5.49. The lowest BCUT2D eigenvalue weighted by Gasteiger charge is -2.33. The molecule has 0 N–H and O–H groups in total. The third-order valence-corrected chi connectivity index (χ3v) is 4.61. The normalized spacial score (nSPS) is 17.9. The summed E-state index contributed by atoms with van der Waals surface area (Å²) >= 11 is 6.02. The summed E-state index contributed by atoms with van der Waals surface area (Å²) in [5.41, 5.74) is 0.817. The Morgan fingerprint density at radius 1 is 1.42 bits per heavy atom. The highest BCUT2D eigenvalue weighted by Gasteiger charge is 2.31. The molecular weight excluding hydrogens is 326 g/mol. The number of likely N-dealkylation sites (tertiary alicyclic amines) is 1. The number of rotatable bonds is 5. The maximum atomic E-state index is 12.5. The molecule has 24 heavy (non-hydrogen) atoms. The number of amides is 1. The number of unbranched alkanes of at least 4 members (excludes halogenated alkanes) is 1. The highest BCUT2D eigenvalue weighted by Crippen LogP contribution is 2.32. The lowest BCUT2D eigenvalue weighted by atomic mass is 10.0. The summed E-state index contributed by atoms with van der Waals surface area (Å²) in [6.45, 7) is 2.86. The first kappa shape index (κ1) is 17.0. The fraction of sp³-hybridized carbons (Fsp3) is 0.500. The molecule has 1 atom stereocenters. The van der Waals surface area contributed by atoms with Crippen LogP contribution in [-0.2, 0) is 4.79 Å². The van der Waals surface area contributed by atoms with E-state index in [4.69, 9.17) is 16.1 Å². The van der Waals surface area contributed by atoms with E-state index in [2.05, 4.69) is 17.1 Å². The predicted octanol–water partition coefficient (Wildman–Crippen LogP) is 4.63. The van der Waals surface area contributed by atoms with Crippen molar-refractivity contribution in [3.8, 4) is 11.4 Å². The number of hydrogen-bond acceptors (Lipinski definition) is 4. The molecule has 0 saturated carbocycles. The third-order valence-electron chi connectivity index (χ3n) is 4.38. The van der Waals surface area contributed by atoms with Gasteiger partial charge >= 0.3 is 0 Å². The summed E-state index contributed by atoms with van der Waals surface area (Å²) in [4.78, 5) is 18.9. The van der Waals surface area contributed by atoms with Gasteiger partial charge in [0.1, 0.15) is 6.04 Å². The third kappa shape index (κ3) is 3.78. The fourth-order valence-electron chi connectivity index (χ4n) is 3.07. The molecule has 1 aromatic carbocycles. The number of carbonyl (C=O) groups excluding carboxylic acids is 1. The second-order valence-electron chi connectivity index (χ2n) is 6.17. The molecule has 1 aromatic heterocycles. The second kappa shape index (κ2) is 7.79. The summed E-state index contributed by atoms with van der Waals surface area (Å²) in [5.74, 6) is 1.22. The van der Waals surface area contributed by atoms with Gasteiger partial charge in [-0.2, -0.15) is 4.98 Å². The minimum absolute atomic E-state index is 0.108. The molecule has 3 rings (SSSR count). The summed E-state index contributed by atoms with van der Waals surface area (Å²) in [7, 11) is 0. The SMILES string of the molecule is CCCCC(=O)N1CCCC[C@H]1c1nc(-c2cccc(Cl)c2)no1. The van der Waals surface area contributed by atoms with Crippen LogP contribution in [0, 0.1) is 0 Å². The van der Waals surface area contributed by atoms with Crippen LogP contribution in [0.25, 0.3) is 11.4 Å². The van der Waals surface area contributed by atoms with Crippen molar-refractivity contribution in [1.82, 2.24) is 15.0 Å². The van der Waals surface area contributed by atoms with E-state index in [1.165, 1.54) is 0 Å². The van der Waals surface area contributed by atoms with Gasteiger partial charge in [-0.25, -0.2) is 0 Å². The van der Waals surface area contributed by atoms with Crippen molar-refractivity contribution < 1.29 is 9.32 Å². The Morgan fingerprint density at radius 3 is 3.08 bits per heavy atom. The Labute approximate surface area is 147 Å². The molecule has 1 aliphatic rings. The van der Waals surface area contributed by atoms with Crippen LogP contribution in [0.4, 0.5) is 0 Å². The van der Waals surface area contributed by atoms with Crippen molar-refractivity contribution >= 4 is 17.5 Å². The van der Waals surface area contributed by atoms with Crippen molar-refractivity contribution in [2.24, 2.45) is 0 Å². The molecule has 0 radical (unpaired) electrons. The predicted molar refractivity (Wildman–Crippen MR) is 92.6 cm³/mol. The fourth-order valence-corrected chi connectivity index (χ4v) is 3.26. The molecule has 1 amide bonds. The summed E-state index contributed by atoms with van der Waals surface area (Å²) in [6.07, 6.45) is 5.49. The Kier molecular flexibility index (Phi) is 5.51. The quantitative estimate of drug-likeness (QED) is 0.790. The number of nitrogens with zero attached hydrogens (tertiary/aromatic N) is 3. The number of halogens is 1. The molecule has 5 nitrogen and oxygen atoms in total. The summed E-state index contributed by atoms with van der Waals surface area (Å²) in [6, 6.07) is 7.26. The first-order valence-electron chi connectivity index (χ1n) is 8.58. The van der Waals surface area contributed by atoms with Crippen LogP contribution in [0.2, 0.25) is 5.02 Å². The standard InChI is InChI=1S/C18H22ClN3O2/c1-2-3-10-16(23)22-11-5-4-9-15(22)18-20-17(21-24-18)13-7-6-8-14(19)12-13/h6-8,12,15H,2-5,9-11H2,1H3/t15-/m0/s1. The molecule has 1 saturated heterocycles. The van der Waals surface area contributed by atoms with E-state index in [0.29, 0.717) is 23.2 Å². The lowest BCUT2D eigenvalue weighted by Crippen LogP contribution is -2.38. The van der Waals surface area contributed by atoms with Gasteiger partial charge in [-0.15, -0.1) is 0 Å². The van der Waals surface area contributed by atoms with E-state index in [9.17, 15) is 4.79 Å². The van der Waals surface area contributed by atoms with E-state index in [1.807, 2.05) is 17.0 Å². The molecule has 1 fully saturated rings. The van der Waals surface area contributed by atoms with E-state index < -0.39 is 0 Å². The molecule has 0 aliphatic carbocycles. The smallest absolute Gasteiger partial charge is 0.249 e. The van der Waals surface area contributed by atoms with Gasteiger partial charge in [-0.1, -0.05) is 42.2 Å². The Bertz CT molecular complexity index is 701. The van der Waals surface area contributed by atoms with E-state index in [0.717, 1.165) is 44.2 Å². The Balaban J connectivity index is 1.80. The zero-order valence-electron chi connectivity index (χ0n) is 13.9. The van der Waals surface area contributed by atoms with Gasteiger partial charge < -0.3 is 9.42 Å². The highest BCUT2D eigenvalue weighted by atomic mass is 35.5. The van der Waals surface area contributed by atoms with E-state index in [1.54, 1.807) is 12.1 Å². The van der Waals surface area contributed by atoms with Crippen LogP contribution in [0.1, 0.15) is 57.4 Å². The minimum Gasteiger partial charge on any atom is -0.337 e. The largest absolute Gasteiger partial charge is 0.337 e. The summed E-state index contributed by atoms with van der Waals surface area (Å²) in [5, 5.41) is 4.71. The molecule has 1 aliphatic heterocycles. The van der Waals surface area contributed by atoms with Crippen LogP contribution in [0.5, 0.6) is 0 Å².